The van der Waals surface area contributed by atoms with E-state index in [0.29, 0.717) is 17.1 Å². The number of pyridine rings is 1. The van der Waals surface area contributed by atoms with Gasteiger partial charge in [0.05, 0.1) is 11.1 Å². The van der Waals surface area contributed by atoms with E-state index in [1.165, 1.54) is 0 Å². The Hall–Kier alpha value is -0.910. The van der Waals surface area contributed by atoms with Gasteiger partial charge in [-0.25, -0.2) is 0 Å². The van der Waals surface area contributed by atoms with Crippen LogP contribution in [0.3, 0.4) is 0 Å². The van der Waals surface area contributed by atoms with Gasteiger partial charge in [0.1, 0.15) is 11.5 Å². The summed E-state index contributed by atoms with van der Waals surface area (Å²) in [4.78, 5) is 4.13. The molecule has 5 heteroatoms. The molecular weight excluding hydrogens is 362 g/mol. The molecule has 0 unspecified atom stereocenters. The zero-order chi connectivity index (χ0) is 13.1. The fraction of sp³-hybridized carbons (Fsp3) is 0.154. The van der Waals surface area contributed by atoms with Crippen LogP contribution in [0.2, 0.25) is 0 Å². The molecule has 1 aromatic heterocycles. The highest BCUT2D eigenvalue weighted by Crippen LogP contribution is 2.33. The third-order valence-corrected chi connectivity index (χ3v) is 3.48. The topological polar surface area (TPSA) is 42.4 Å². The molecular formula is C13H11Br2NO2. The van der Waals surface area contributed by atoms with Crippen molar-refractivity contribution >= 4 is 31.9 Å². The van der Waals surface area contributed by atoms with Crippen molar-refractivity contribution in [3.63, 3.8) is 0 Å². The van der Waals surface area contributed by atoms with Gasteiger partial charge in [-0.3, -0.25) is 4.98 Å². The SMILES string of the molecule is Cc1cc(Oc2ccc(Br)cc2Br)c(CO)cn1. The molecule has 0 amide bonds. The molecule has 0 spiro atoms. The van der Waals surface area contributed by atoms with Gasteiger partial charge in [0.15, 0.2) is 0 Å². The van der Waals surface area contributed by atoms with Gasteiger partial charge in [-0.1, -0.05) is 15.9 Å². The zero-order valence-corrected chi connectivity index (χ0v) is 12.8. The predicted molar refractivity (Wildman–Crippen MR) is 76.8 cm³/mol. The number of hydrogen-bond donors (Lipinski definition) is 1. The summed E-state index contributed by atoms with van der Waals surface area (Å²) in [6.07, 6.45) is 1.62. The van der Waals surface area contributed by atoms with Crippen molar-refractivity contribution in [2.75, 3.05) is 0 Å². The Morgan fingerprint density at radius 1 is 1.22 bits per heavy atom. The first-order valence-electron chi connectivity index (χ1n) is 5.29. The lowest BCUT2D eigenvalue weighted by Gasteiger charge is -2.11. The van der Waals surface area contributed by atoms with Gasteiger partial charge in [-0.15, -0.1) is 0 Å². The number of rotatable bonds is 3. The van der Waals surface area contributed by atoms with Gasteiger partial charge in [-0.05, 0) is 41.1 Å². The highest BCUT2D eigenvalue weighted by Gasteiger charge is 2.08. The molecule has 0 aliphatic heterocycles. The van der Waals surface area contributed by atoms with Gasteiger partial charge in [0.2, 0.25) is 0 Å². The maximum absolute atomic E-state index is 9.26. The molecule has 0 fully saturated rings. The molecule has 1 heterocycles. The standard InChI is InChI=1S/C13H11Br2NO2/c1-8-4-13(9(7-17)6-16-8)18-12-3-2-10(14)5-11(12)15/h2-6,17H,7H2,1H3. The fourth-order valence-corrected chi connectivity index (χ4v) is 2.58. The van der Waals surface area contributed by atoms with Crippen LogP contribution in [-0.4, -0.2) is 10.1 Å². The van der Waals surface area contributed by atoms with Crippen LogP contribution in [0.4, 0.5) is 0 Å². The summed E-state index contributed by atoms with van der Waals surface area (Å²) in [6.45, 7) is 1.78. The summed E-state index contributed by atoms with van der Waals surface area (Å²) in [5, 5.41) is 9.26. The zero-order valence-electron chi connectivity index (χ0n) is 9.65. The summed E-state index contributed by atoms with van der Waals surface area (Å²) in [7, 11) is 0. The number of benzene rings is 1. The van der Waals surface area contributed by atoms with Crippen LogP contribution in [0.1, 0.15) is 11.3 Å². The van der Waals surface area contributed by atoms with E-state index in [0.717, 1.165) is 14.6 Å². The maximum atomic E-state index is 9.26. The van der Waals surface area contributed by atoms with E-state index in [9.17, 15) is 5.11 Å². The lowest BCUT2D eigenvalue weighted by Crippen LogP contribution is -1.95. The maximum Gasteiger partial charge on any atom is 0.141 e. The van der Waals surface area contributed by atoms with E-state index in [1.807, 2.05) is 25.1 Å². The number of aromatic nitrogens is 1. The van der Waals surface area contributed by atoms with E-state index < -0.39 is 0 Å². The Balaban J connectivity index is 2.36. The number of nitrogens with zero attached hydrogens (tertiary/aromatic N) is 1. The molecule has 0 atom stereocenters. The molecule has 0 saturated heterocycles. The third kappa shape index (κ3) is 3.10. The lowest BCUT2D eigenvalue weighted by atomic mass is 10.2. The number of ether oxygens (including phenoxy) is 1. The van der Waals surface area contributed by atoms with Gasteiger partial charge in [-0.2, -0.15) is 0 Å². The van der Waals surface area contributed by atoms with Crippen LogP contribution in [0.15, 0.2) is 39.4 Å². The molecule has 1 N–H and O–H groups in total. The summed E-state index contributed by atoms with van der Waals surface area (Å²) in [5.74, 6) is 1.31. The quantitative estimate of drug-likeness (QED) is 0.877. The van der Waals surface area contributed by atoms with Gasteiger partial charge in [0.25, 0.3) is 0 Å². The predicted octanol–water partition coefficient (Wildman–Crippen LogP) is 4.20. The first-order valence-corrected chi connectivity index (χ1v) is 6.88. The number of aliphatic hydroxyl groups is 1. The van der Waals surface area contributed by atoms with Crippen molar-refractivity contribution in [2.45, 2.75) is 13.5 Å². The first kappa shape index (κ1) is 13.5. The van der Waals surface area contributed by atoms with Crippen molar-refractivity contribution < 1.29 is 9.84 Å². The van der Waals surface area contributed by atoms with E-state index in [4.69, 9.17) is 4.74 Å². The average molecular weight is 373 g/mol. The second-order valence-electron chi connectivity index (χ2n) is 3.77. The van der Waals surface area contributed by atoms with Crippen molar-refractivity contribution in [3.05, 3.63) is 50.7 Å². The average Bonchev–Trinajstić information content (AvgIpc) is 2.33. The van der Waals surface area contributed by atoms with Crippen molar-refractivity contribution in [1.29, 1.82) is 0 Å². The summed E-state index contributed by atoms with van der Waals surface area (Å²) >= 11 is 6.82. The second kappa shape index (κ2) is 5.82. The highest BCUT2D eigenvalue weighted by molar-refractivity contribution is 9.11. The molecule has 94 valence electrons. The minimum atomic E-state index is -0.100. The van der Waals surface area contributed by atoms with Crippen LogP contribution in [0.25, 0.3) is 0 Å². The van der Waals surface area contributed by atoms with E-state index in [2.05, 4.69) is 36.8 Å². The van der Waals surface area contributed by atoms with E-state index in [1.54, 1.807) is 12.3 Å². The largest absolute Gasteiger partial charge is 0.456 e. The fourth-order valence-electron chi connectivity index (χ4n) is 1.45. The number of halogens is 2. The Kier molecular flexibility index (Phi) is 4.37. The molecule has 2 rings (SSSR count). The lowest BCUT2D eigenvalue weighted by molar-refractivity contribution is 0.276. The molecule has 0 saturated carbocycles. The number of aliphatic hydroxyl groups excluding tert-OH is 1. The normalized spacial score (nSPS) is 10.4. The Labute approximate surface area is 122 Å². The summed E-state index contributed by atoms with van der Waals surface area (Å²) < 4.78 is 7.61. The monoisotopic (exact) mass is 371 g/mol. The van der Waals surface area contributed by atoms with E-state index in [-0.39, 0.29) is 6.61 Å². The first-order chi connectivity index (χ1) is 8.60. The molecule has 0 radical (unpaired) electrons. The van der Waals surface area contributed by atoms with Crippen LogP contribution < -0.4 is 4.74 Å². The molecule has 0 bridgehead atoms. The highest BCUT2D eigenvalue weighted by atomic mass is 79.9. The van der Waals surface area contributed by atoms with Crippen molar-refractivity contribution in [2.24, 2.45) is 0 Å². The molecule has 2 aromatic rings. The van der Waals surface area contributed by atoms with Gasteiger partial charge < -0.3 is 9.84 Å². The number of hydrogen-bond acceptors (Lipinski definition) is 3. The van der Waals surface area contributed by atoms with Crippen LogP contribution in [-0.2, 0) is 6.61 Å². The van der Waals surface area contributed by atoms with Gasteiger partial charge in [0, 0.05) is 28.0 Å². The summed E-state index contributed by atoms with van der Waals surface area (Å²) in [6, 6.07) is 7.46. The van der Waals surface area contributed by atoms with Crippen LogP contribution in [0.5, 0.6) is 11.5 Å². The molecule has 1 aromatic carbocycles. The van der Waals surface area contributed by atoms with Crippen LogP contribution >= 0.6 is 31.9 Å². The van der Waals surface area contributed by atoms with Crippen molar-refractivity contribution in [3.8, 4) is 11.5 Å². The number of aryl methyl sites for hydroxylation is 1. The minimum Gasteiger partial charge on any atom is -0.456 e. The second-order valence-corrected chi connectivity index (χ2v) is 5.54. The molecule has 0 aliphatic rings. The van der Waals surface area contributed by atoms with Crippen molar-refractivity contribution in [1.82, 2.24) is 4.98 Å². The smallest absolute Gasteiger partial charge is 0.141 e. The van der Waals surface area contributed by atoms with E-state index >= 15 is 0 Å². The third-order valence-electron chi connectivity index (χ3n) is 2.36. The molecule has 0 aliphatic carbocycles. The Morgan fingerprint density at radius 2 is 2.00 bits per heavy atom. The Morgan fingerprint density at radius 3 is 2.67 bits per heavy atom. The van der Waals surface area contributed by atoms with Gasteiger partial charge >= 0.3 is 0 Å². The Bertz CT molecular complexity index is 573. The molecule has 18 heavy (non-hydrogen) atoms. The van der Waals surface area contributed by atoms with Crippen LogP contribution in [0, 0.1) is 6.92 Å². The molecule has 3 nitrogen and oxygen atoms in total. The minimum absolute atomic E-state index is 0.100. The summed E-state index contributed by atoms with van der Waals surface area (Å²) in [5.41, 5.74) is 1.51.